The van der Waals surface area contributed by atoms with E-state index in [1.165, 1.54) is 23.3 Å². The van der Waals surface area contributed by atoms with Gasteiger partial charge in [0.2, 0.25) is 5.65 Å². The van der Waals surface area contributed by atoms with E-state index in [0.717, 1.165) is 5.56 Å². The fourth-order valence-corrected chi connectivity index (χ4v) is 4.00. The number of ether oxygens (including phenoxy) is 1. The molecule has 1 aromatic carbocycles. The van der Waals surface area contributed by atoms with Crippen LogP contribution in [0.4, 0.5) is 15.0 Å². The quantitative estimate of drug-likeness (QED) is 0.648. The Morgan fingerprint density at radius 2 is 2.10 bits per heavy atom. The fraction of sp³-hybridized carbons (Fsp3) is 0.455. The van der Waals surface area contributed by atoms with Crippen LogP contribution in [0.1, 0.15) is 37.7 Å². The number of hydrogen-bond acceptors (Lipinski definition) is 6. The maximum atomic E-state index is 14.8. The van der Waals surface area contributed by atoms with Crippen LogP contribution in [0.3, 0.4) is 0 Å². The van der Waals surface area contributed by atoms with Crippen LogP contribution in [-0.4, -0.2) is 56.4 Å². The molecule has 1 aliphatic heterocycles. The maximum Gasteiger partial charge on any atom is 0.410 e. The zero-order chi connectivity index (χ0) is 21.2. The molecule has 2 aliphatic rings. The smallest absolute Gasteiger partial charge is 0.410 e. The van der Waals surface area contributed by atoms with Crippen LogP contribution in [0.15, 0.2) is 43.0 Å². The summed E-state index contributed by atoms with van der Waals surface area (Å²) in [5.74, 6) is 1.06. The van der Waals surface area contributed by atoms with Gasteiger partial charge in [-0.3, -0.25) is 4.40 Å². The molecular weight excluding hydrogens is 399 g/mol. The Labute approximate surface area is 180 Å². The summed E-state index contributed by atoms with van der Waals surface area (Å²) in [7, 11) is 0. The number of nitrogens with one attached hydrogen (secondary N) is 1. The van der Waals surface area contributed by atoms with Crippen LogP contribution in [-0.2, 0) is 11.3 Å². The number of alkyl halides is 1. The largest absolute Gasteiger partial charge is 0.445 e. The van der Waals surface area contributed by atoms with Gasteiger partial charge < -0.3 is 15.0 Å². The van der Waals surface area contributed by atoms with Crippen LogP contribution < -0.4 is 5.32 Å². The minimum Gasteiger partial charge on any atom is -0.445 e. The molecule has 0 radical (unpaired) electrons. The number of benzene rings is 1. The lowest BCUT2D eigenvalue weighted by molar-refractivity contribution is 0.0544. The number of nitrogens with zero attached hydrogens (tertiary/aromatic N) is 5. The molecule has 2 atom stereocenters. The second-order valence-electron chi connectivity index (χ2n) is 8.30. The Morgan fingerprint density at radius 3 is 2.87 bits per heavy atom. The number of carbonyl (C=O) groups excluding carboxylic acids is 1. The average Bonchev–Trinajstić information content (AvgIpc) is 3.53. The highest BCUT2D eigenvalue weighted by atomic mass is 19.1. The van der Waals surface area contributed by atoms with Crippen molar-refractivity contribution in [2.75, 3.05) is 25.0 Å². The molecular formula is C22H27FN6O2. The summed E-state index contributed by atoms with van der Waals surface area (Å²) < 4.78 is 21.9. The number of anilines is 1. The van der Waals surface area contributed by atoms with Gasteiger partial charge >= 0.3 is 6.09 Å². The van der Waals surface area contributed by atoms with E-state index in [4.69, 9.17) is 4.74 Å². The summed E-state index contributed by atoms with van der Waals surface area (Å²) >= 11 is 0. The van der Waals surface area contributed by atoms with Crippen molar-refractivity contribution in [3.05, 3.63) is 54.1 Å². The zero-order valence-corrected chi connectivity index (χ0v) is 17.2. The first-order chi connectivity index (χ1) is 15.2. The third-order valence-electron chi connectivity index (χ3n) is 6.07. The molecule has 1 N–H and O–H groups in total. The Balaban J connectivity index is 0.00000245. The van der Waals surface area contributed by atoms with Crippen molar-refractivity contribution in [3.8, 4) is 0 Å². The molecule has 5 rings (SSSR count). The van der Waals surface area contributed by atoms with Crippen LogP contribution >= 0.6 is 0 Å². The number of fused-ring (bicyclic) bond motifs is 1. The van der Waals surface area contributed by atoms with Crippen LogP contribution in [0, 0.1) is 5.92 Å². The third-order valence-corrected chi connectivity index (χ3v) is 6.07. The number of carbonyl (C=O) groups is 1. The van der Waals surface area contributed by atoms with Crippen LogP contribution in [0.2, 0.25) is 0 Å². The molecule has 3 aromatic rings. The third kappa shape index (κ3) is 4.45. The van der Waals surface area contributed by atoms with Crippen molar-refractivity contribution >= 4 is 17.6 Å². The normalized spacial score (nSPS) is 21.3. The molecule has 0 spiro atoms. The minimum atomic E-state index is -1.13. The summed E-state index contributed by atoms with van der Waals surface area (Å²) in [5, 5.41) is 11.1. The topological polar surface area (TPSA) is 84.7 Å². The van der Waals surface area contributed by atoms with E-state index in [9.17, 15) is 9.18 Å². The second kappa shape index (κ2) is 8.49. The van der Waals surface area contributed by atoms with Gasteiger partial charge in [-0.15, -0.1) is 10.2 Å². The number of piperidine rings is 1. The highest BCUT2D eigenvalue weighted by molar-refractivity contribution is 5.68. The SMILES string of the molecule is O=C(OCc1ccc(C2CC2)cc1)N1CC[C@H](CNc2nccn3cnnc23)[C@H](F)C1.[HH]. The van der Waals surface area contributed by atoms with Gasteiger partial charge in [-0.25, -0.2) is 14.2 Å². The molecule has 2 fully saturated rings. The average molecular weight is 426 g/mol. The molecule has 0 unspecified atom stereocenters. The summed E-state index contributed by atoms with van der Waals surface area (Å²) in [6, 6.07) is 8.21. The Hall–Kier alpha value is -3.23. The van der Waals surface area contributed by atoms with E-state index in [2.05, 4.69) is 32.6 Å². The molecule has 1 saturated heterocycles. The van der Waals surface area contributed by atoms with Gasteiger partial charge in [0, 0.05) is 32.8 Å². The monoisotopic (exact) mass is 426 g/mol. The first-order valence-corrected chi connectivity index (χ1v) is 10.7. The van der Waals surface area contributed by atoms with E-state index < -0.39 is 12.3 Å². The molecule has 8 nitrogen and oxygen atoms in total. The lowest BCUT2D eigenvalue weighted by atomic mass is 9.95. The van der Waals surface area contributed by atoms with E-state index in [1.807, 2.05) is 12.1 Å². The minimum absolute atomic E-state index is 0. The number of hydrogen-bond donors (Lipinski definition) is 1. The molecule has 0 bridgehead atoms. The standard InChI is InChI=1S/C22H25FN6O2.H2/c23-19-12-28(22(30)31-13-15-1-3-16(4-2-15)17-5-6-17)9-7-18(19)11-25-20-21-27-26-14-29(21)10-8-24-20;/h1-4,8,10,14,17-19H,5-7,9,11-13H2,(H,24,25);1H/t18-,19-;/m1./s1. The van der Waals surface area contributed by atoms with E-state index in [0.29, 0.717) is 36.9 Å². The molecule has 31 heavy (non-hydrogen) atoms. The fourth-order valence-electron chi connectivity index (χ4n) is 4.00. The van der Waals surface area contributed by atoms with Gasteiger partial charge in [-0.1, -0.05) is 24.3 Å². The number of halogens is 1. The van der Waals surface area contributed by atoms with Gasteiger partial charge in [0.05, 0.1) is 6.54 Å². The Bertz CT molecular complexity index is 1060. The van der Waals surface area contributed by atoms with Gasteiger partial charge in [0.15, 0.2) is 5.82 Å². The summed E-state index contributed by atoms with van der Waals surface area (Å²) in [4.78, 5) is 18.1. The molecule has 9 heteroatoms. The Kier molecular flexibility index (Phi) is 5.40. The summed E-state index contributed by atoms with van der Waals surface area (Å²) in [6.45, 7) is 1.12. The molecule has 1 aliphatic carbocycles. The van der Waals surface area contributed by atoms with Crippen molar-refractivity contribution in [3.63, 3.8) is 0 Å². The van der Waals surface area contributed by atoms with Gasteiger partial charge in [0.1, 0.15) is 19.1 Å². The van der Waals surface area contributed by atoms with E-state index in [1.54, 1.807) is 23.1 Å². The number of aromatic nitrogens is 4. The van der Waals surface area contributed by atoms with Gasteiger partial charge in [-0.2, -0.15) is 0 Å². The maximum absolute atomic E-state index is 14.8. The predicted molar refractivity (Wildman–Crippen MR) is 115 cm³/mol. The highest BCUT2D eigenvalue weighted by Crippen LogP contribution is 2.39. The Morgan fingerprint density at radius 1 is 1.26 bits per heavy atom. The number of amides is 1. The van der Waals surface area contributed by atoms with Crippen molar-refractivity contribution in [2.45, 2.75) is 38.0 Å². The first kappa shape index (κ1) is 19.7. The number of rotatable bonds is 6. The summed E-state index contributed by atoms with van der Waals surface area (Å²) in [5.41, 5.74) is 2.90. The van der Waals surface area contributed by atoms with E-state index in [-0.39, 0.29) is 20.5 Å². The van der Waals surface area contributed by atoms with E-state index >= 15 is 0 Å². The van der Waals surface area contributed by atoms with Crippen molar-refractivity contribution in [1.29, 1.82) is 0 Å². The van der Waals surface area contributed by atoms with Crippen molar-refractivity contribution < 1.29 is 15.3 Å². The number of likely N-dealkylation sites (tertiary alicyclic amines) is 1. The summed E-state index contributed by atoms with van der Waals surface area (Å²) in [6.07, 6.45) is 6.46. The first-order valence-electron chi connectivity index (χ1n) is 10.7. The van der Waals surface area contributed by atoms with Crippen LogP contribution in [0.5, 0.6) is 0 Å². The second-order valence-corrected chi connectivity index (χ2v) is 8.30. The molecule has 1 saturated carbocycles. The lowest BCUT2D eigenvalue weighted by Crippen LogP contribution is -2.46. The molecule has 1 amide bonds. The zero-order valence-electron chi connectivity index (χ0n) is 17.2. The lowest BCUT2D eigenvalue weighted by Gasteiger charge is -2.34. The van der Waals surface area contributed by atoms with Crippen molar-refractivity contribution in [1.82, 2.24) is 24.5 Å². The molecule has 3 heterocycles. The predicted octanol–water partition coefficient (Wildman–Crippen LogP) is 3.66. The van der Waals surface area contributed by atoms with Crippen molar-refractivity contribution in [2.24, 2.45) is 5.92 Å². The van der Waals surface area contributed by atoms with Crippen LogP contribution in [0.25, 0.3) is 5.65 Å². The molecule has 2 aromatic heterocycles. The molecule has 164 valence electrons. The van der Waals surface area contributed by atoms with Gasteiger partial charge in [-0.05, 0) is 36.3 Å². The highest BCUT2D eigenvalue weighted by Gasteiger charge is 2.32. The van der Waals surface area contributed by atoms with Gasteiger partial charge in [0.25, 0.3) is 0 Å².